The van der Waals surface area contributed by atoms with Gasteiger partial charge in [-0.15, -0.1) is 0 Å². The molecule has 1 aromatic carbocycles. The molecule has 6 nitrogen and oxygen atoms in total. The third kappa shape index (κ3) is 5.37. The highest BCUT2D eigenvalue weighted by molar-refractivity contribution is 7.90. The molecule has 1 heterocycles. The molecule has 0 spiro atoms. The third-order valence-corrected chi connectivity index (χ3v) is 6.05. The van der Waals surface area contributed by atoms with Crippen molar-refractivity contribution in [2.45, 2.75) is 55.8 Å². The number of sulfone groups is 1. The minimum absolute atomic E-state index is 0.00719. The fraction of sp³-hybridized carbons (Fsp3) is 0.474. The zero-order valence-corrected chi connectivity index (χ0v) is 16.7. The predicted molar refractivity (Wildman–Crippen MR) is 104 cm³/mol. The van der Waals surface area contributed by atoms with Crippen molar-refractivity contribution in [2.75, 3.05) is 11.6 Å². The van der Waals surface area contributed by atoms with Gasteiger partial charge in [0.05, 0.1) is 11.1 Å². The third-order valence-electron chi connectivity index (χ3n) is 4.92. The molecule has 0 atom stereocenters. The van der Waals surface area contributed by atoms with Crippen LogP contribution in [0.1, 0.15) is 32.1 Å². The Kier molecular flexibility index (Phi) is 6.02. The van der Waals surface area contributed by atoms with E-state index in [4.69, 9.17) is 0 Å². The highest BCUT2D eigenvalue weighted by Gasteiger charge is 2.30. The number of anilines is 1. The Balaban J connectivity index is 2.05. The van der Waals surface area contributed by atoms with Crippen molar-refractivity contribution in [1.82, 2.24) is 9.78 Å². The highest BCUT2D eigenvalue weighted by Crippen LogP contribution is 2.29. The van der Waals surface area contributed by atoms with E-state index in [1.165, 1.54) is 30.5 Å². The van der Waals surface area contributed by atoms with E-state index in [9.17, 15) is 26.4 Å². The van der Waals surface area contributed by atoms with E-state index in [-0.39, 0.29) is 16.6 Å². The molecule has 1 N–H and O–H groups in total. The molecule has 2 aromatic rings. The number of aromatic nitrogens is 2. The average Bonchev–Trinajstić information content (AvgIpc) is 2.64. The maximum atomic E-state index is 12.8. The van der Waals surface area contributed by atoms with Gasteiger partial charge < -0.3 is 5.32 Å². The van der Waals surface area contributed by atoms with Crippen LogP contribution in [0, 0.1) is 0 Å². The van der Waals surface area contributed by atoms with Crippen molar-refractivity contribution in [1.29, 1.82) is 0 Å². The summed E-state index contributed by atoms with van der Waals surface area (Å²) in [6.07, 6.45) is 2.44. The first kappa shape index (κ1) is 21.4. The van der Waals surface area contributed by atoms with E-state index in [1.54, 1.807) is 0 Å². The van der Waals surface area contributed by atoms with Gasteiger partial charge >= 0.3 is 6.18 Å². The van der Waals surface area contributed by atoms with E-state index in [0.717, 1.165) is 38.4 Å². The number of hydrogen-bond acceptors (Lipinski definition) is 5. The highest BCUT2D eigenvalue weighted by atomic mass is 32.2. The number of nitrogens with one attached hydrogen (secondary N) is 1. The first-order chi connectivity index (χ1) is 13.5. The fourth-order valence-corrected chi connectivity index (χ4v) is 4.09. The standard InChI is InChI=1S/C19H22F3N3O3S/c1-29(27,28)15-9-7-13(8-10-15)16-11-23-25(12-19(20,21)22)18(26)17(16)24-14-5-3-2-4-6-14/h7-11,14,24H,2-6,12H2,1H3. The summed E-state index contributed by atoms with van der Waals surface area (Å²) in [5.74, 6) is 0. The minimum atomic E-state index is -4.57. The molecule has 3 rings (SSSR count). The predicted octanol–water partition coefficient (Wildman–Crippen LogP) is 3.62. The number of benzene rings is 1. The molecule has 1 aromatic heterocycles. The van der Waals surface area contributed by atoms with Crippen LogP contribution >= 0.6 is 0 Å². The zero-order valence-electron chi connectivity index (χ0n) is 15.9. The lowest BCUT2D eigenvalue weighted by Crippen LogP contribution is -2.34. The topological polar surface area (TPSA) is 81.1 Å². The van der Waals surface area contributed by atoms with Crippen molar-refractivity contribution in [3.8, 4) is 11.1 Å². The van der Waals surface area contributed by atoms with Crippen molar-refractivity contribution in [2.24, 2.45) is 0 Å². The maximum Gasteiger partial charge on any atom is 0.408 e. The molecular formula is C19H22F3N3O3S. The fourth-order valence-electron chi connectivity index (χ4n) is 3.46. The van der Waals surface area contributed by atoms with Crippen LogP contribution < -0.4 is 10.9 Å². The molecular weight excluding hydrogens is 407 g/mol. The molecule has 1 saturated carbocycles. The van der Waals surface area contributed by atoms with Crippen molar-refractivity contribution >= 4 is 15.5 Å². The largest absolute Gasteiger partial charge is 0.408 e. The van der Waals surface area contributed by atoms with E-state index in [1.807, 2.05) is 0 Å². The Bertz CT molecular complexity index is 1030. The lowest BCUT2D eigenvalue weighted by atomic mass is 9.95. The van der Waals surface area contributed by atoms with Gasteiger partial charge in [-0.2, -0.15) is 18.3 Å². The van der Waals surface area contributed by atoms with Gasteiger partial charge in [0.2, 0.25) is 0 Å². The molecule has 0 bridgehead atoms. The molecule has 0 radical (unpaired) electrons. The van der Waals surface area contributed by atoms with Crippen LogP contribution in [-0.4, -0.2) is 36.7 Å². The molecule has 0 amide bonds. The molecule has 1 aliphatic carbocycles. The summed E-state index contributed by atoms with van der Waals surface area (Å²) in [5.41, 5.74) is 0.0550. The Morgan fingerprint density at radius 3 is 2.31 bits per heavy atom. The van der Waals surface area contributed by atoms with Crippen LogP contribution in [0.3, 0.4) is 0 Å². The summed E-state index contributed by atoms with van der Waals surface area (Å²) >= 11 is 0. The van der Waals surface area contributed by atoms with Crippen LogP contribution in [0.5, 0.6) is 0 Å². The second-order valence-electron chi connectivity index (χ2n) is 7.29. The van der Waals surface area contributed by atoms with Gasteiger partial charge in [0, 0.05) is 17.9 Å². The monoisotopic (exact) mass is 429 g/mol. The van der Waals surface area contributed by atoms with E-state index >= 15 is 0 Å². The number of halogens is 3. The second-order valence-corrected chi connectivity index (χ2v) is 9.30. The van der Waals surface area contributed by atoms with Gasteiger partial charge in [0.25, 0.3) is 5.56 Å². The molecule has 1 fully saturated rings. The lowest BCUT2D eigenvalue weighted by molar-refractivity contribution is -0.143. The molecule has 0 aliphatic heterocycles. The van der Waals surface area contributed by atoms with Gasteiger partial charge in [-0.3, -0.25) is 4.79 Å². The first-order valence-corrected chi connectivity index (χ1v) is 11.2. The van der Waals surface area contributed by atoms with Gasteiger partial charge in [-0.1, -0.05) is 31.4 Å². The quantitative estimate of drug-likeness (QED) is 0.785. The summed E-state index contributed by atoms with van der Waals surface area (Å²) < 4.78 is 62.2. The zero-order chi connectivity index (χ0) is 21.2. The molecule has 0 unspecified atom stereocenters. The molecule has 1 aliphatic rings. The Morgan fingerprint density at radius 1 is 1.14 bits per heavy atom. The SMILES string of the molecule is CS(=O)(=O)c1ccc(-c2cnn(CC(F)(F)F)c(=O)c2NC2CCCCC2)cc1. The van der Waals surface area contributed by atoms with Crippen LogP contribution in [0.15, 0.2) is 40.2 Å². The Morgan fingerprint density at radius 2 is 1.76 bits per heavy atom. The number of nitrogens with zero attached hydrogens (tertiary/aromatic N) is 2. The lowest BCUT2D eigenvalue weighted by Gasteiger charge is -2.25. The normalized spacial score (nSPS) is 16.0. The smallest absolute Gasteiger partial charge is 0.377 e. The molecule has 10 heteroatoms. The summed E-state index contributed by atoms with van der Waals surface area (Å²) in [6, 6.07) is 5.83. The van der Waals surface area contributed by atoms with Gasteiger partial charge in [-0.25, -0.2) is 13.1 Å². The van der Waals surface area contributed by atoms with Crippen LogP contribution in [-0.2, 0) is 16.4 Å². The van der Waals surface area contributed by atoms with Gasteiger partial charge in [0.15, 0.2) is 9.84 Å². The van der Waals surface area contributed by atoms with Crippen LogP contribution in [0.25, 0.3) is 11.1 Å². The molecule has 0 saturated heterocycles. The van der Waals surface area contributed by atoms with E-state index < -0.39 is 28.1 Å². The Labute approximate surface area is 166 Å². The van der Waals surface area contributed by atoms with Crippen molar-refractivity contribution in [3.63, 3.8) is 0 Å². The van der Waals surface area contributed by atoms with Crippen LogP contribution in [0.2, 0.25) is 0 Å². The number of hydrogen-bond donors (Lipinski definition) is 1. The second kappa shape index (κ2) is 8.17. The first-order valence-electron chi connectivity index (χ1n) is 9.28. The Hall–Kier alpha value is -2.36. The van der Waals surface area contributed by atoms with E-state index in [2.05, 4.69) is 10.4 Å². The molecule has 158 valence electrons. The van der Waals surface area contributed by atoms with Gasteiger partial charge in [0.1, 0.15) is 12.2 Å². The van der Waals surface area contributed by atoms with Gasteiger partial charge in [-0.05, 0) is 30.5 Å². The average molecular weight is 429 g/mol. The van der Waals surface area contributed by atoms with Crippen molar-refractivity contribution in [3.05, 3.63) is 40.8 Å². The molecule has 29 heavy (non-hydrogen) atoms. The number of rotatable bonds is 5. The number of alkyl halides is 3. The summed E-state index contributed by atoms with van der Waals surface area (Å²) in [5, 5.41) is 6.82. The summed E-state index contributed by atoms with van der Waals surface area (Å²) in [6.45, 7) is -1.47. The maximum absolute atomic E-state index is 12.8. The minimum Gasteiger partial charge on any atom is -0.377 e. The van der Waals surface area contributed by atoms with Crippen molar-refractivity contribution < 1.29 is 21.6 Å². The van der Waals surface area contributed by atoms with E-state index in [0.29, 0.717) is 15.8 Å². The summed E-state index contributed by atoms with van der Waals surface area (Å²) in [4.78, 5) is 12.9. The summed E-state index contributed by atoms with van der Waals surface area (Å²) in [7, 11) is -3.39. The van der Waals surface area contributed by atoms with Crippen LogP contribution in [0.4, 0.5) is 18.9 Å².